The molecule has 0 aliphatic heterocycles. The van der Waals surface area contributed by atoms with E-state index in [2.05, 4.69) is 36.1 Å². The summed E-state index contributed by atoms with van der Waals surface area (Å²) in [6.45, 7) is 1.72. The summed E-state index contributed by atoms with van der Waals surface area (Å²) < 4.78 is 5.96. The molecular formula is C7H5BrN4O. The SMILES string of the molecule is Cc1nnc(-c2ncc(Br)cn2)o1. The number of halogens is 1. The Balaban J connectivity index is 2.41. The molecule has 0 N–H and O–H groups in total. The summed E-state index contributed by atoms with van der Waals surface area (Å²) in [4.78, 5) is 8.02. The first-order chi connectivity index (χ1) is 6.25. The highest BCUT2D eigenvalue weighted by Crippen LogP contribution is 2.13. The van der Waals surface area contributed by atoms with Crippen LogP contribution in [-0.4, -0.2) is 20.2 Å². The van der Waals surface area contributed by atoms with Gasteiger partial charge >= 0.3 is 0 Å². The van der Waals surface area contributed by atoms with E-state index in [1.807, 2.05) is 0 Å². The van der Waals surface area contributed by atoms with Crippen molar-refractivity contribution in [3.05, 3.63) is 22.8 Å². The Bertz CT molecular complexity index is 411. The predicted octanol–water partition coefficient (Wildman–Crippen LogP) is 1.60. The zero-order chi connectivity index (χ0) is 9.26. The summed E-state index contributed by atoms with van der Waals surface area (Å²) in [6, 6.07) is 0. The van der Waals surface area contributed by atoms with Gasteiger partial charge in [0.15, 0.2) is 0 Å². The number of nitrogens with zero attached hydrogens (tertiary/aromatic N) is 4. The Morgan fingerprint density at radius 1 is 1.23 bits per heavy atom. The van der Waals surface area contributed by atoms with E-state index in [1.165, 1.54) is 0 Å². The van der Waals surface area contributed by atoms with E-state index in [0.717, 1.165) is 4.47 Å². The van der Waals surface area contributed by atoms with Crippen molar-refractivity contribution in [2.45, 2.75) is 6.92 Å². The molecule has 0 aliphatic carbocycles. The molecule has 5 nitrogen and oxygen atoms in total. The summed E-state index contributed by atoms with van der Waals surface area (Å²) in [6.07, 6.45) is 3.25. The Kier molecular flexibility index (Phi) is 2.05. The van der Waals surface area contributed by atoms with Gasteiger partial charge in [-0.05, 0) is 15.9 Å². The molecule has 0 atom stereocenters. The van der Waals surface area contributed by atoms with E-state index in [0.29, 0.717) is 17.6 Å². The first kappa shape index (κ1) is 8.31. The number of hydrogen-bond acceptors (Lipinski definition) is 5. The first-order valence-corrected chi connectivity index (χ1v) is 4.33. The van der Waals surface area contributed by atoms with Gasteiger partial charge in [-0.3, -0.25) is 0 Å². The van der Waals surface area contributed by atoms with E-state index in [1.54, 1.807) is 19.3 Å². The molecule has 0 saturated carbocycles. The second-order valence-electron chi connectivity index (χ2n) is 2.35. The van der Waals surface area contributed by atoms with Gasteiger partial charge in [-0.1, -0.05) is 0 Å². The van der Waals surface area contributed by atoms with Gasteiger partial charge in [-0.15, -0.1) is 10.2 Å². The predicted molar refractivity (Wildman–Crippen MR) is 47.8 cm³/mol. The summed E-state index contributed by atoms with van der Waals surface area (Å²) >= 11 is 3.23. The summed E-state index contributed by atoms with van der Waals surface area (Å²) in [5.74, 6) is 1.27. The van der Waals surface area contributed by atoms with Crippen molar-refractivity contribution in [2.24, 2.45) is 0 Å². The molecular weight excluding hydrogens is 236 g/mol. The third-order valence-corrected chi connectivity index (χ3v) is 1.75. The lowest BCUT2D eigenvalue weighted by atomic mass is 10.5. The van der Waals surface area contributed by atoms with Crippen LogP contribution in [0.25, 0.3) is 11.7 Å². The van der Waals surface area contributed by atoms with Gasteiger partial charge in [-0.2, -0.15) is 0 Å². The van der Waals surface area contributed by atoms with Crippen LogP contribution in [0.15, 0.2) is 21.3 Å². The number of hydrogen-bond donors (Lipinski definition) is 0. The average Bonchev–Trinajstić information content (AvgIpc) is 2.53. The molecule has 13 heavy (non-hydrogen) atoms. The fourth-order valence-corrected chi connectivity index (χ4v) is 1.01. The normalized spacial score (nSPS) is 10.3. The maximum absolute atomic E-state index is 5.15. The van der Waals surface area contributed by atoms with Crippen LogP contribution in [0.4, 0.5) is 0 Å². The van der Waals surface area contributed by atoms with Gasteiger partial charge in [0.2, 0.25) is 11.7 Å². The molecule has 0 aliphatic rings. The van der Waals surface area contributed by atoms with Crippen LogP contribution in [-0.2, 0) is 0 Å². The third-order valence-electron chi connectivity index (χ3n) is 1.34. The van der Waals surface area contributed by atoms with Gasteiger partial charge in [-0.25, -0.2) is 9.97 Å². The monoisotopic (exact) mass is 240 g/mol. The van der Waals surface area contributed by atoms with E-state index >= 15 is 0 Å². The van der Waals surface area contributed by atoms with Crippen LogP contribution in [0.1, 0.15) is 5.89 Å². The van der Waals surface area contributed by atoms with Crippen molar-refractivity contribution in [3.8, 4) is 11.7 Å². The summed E-state index contributed by atoms with van der Waals surface area (Å²) in [5.41, 5.74) is 0. The average molecular weight is 241 g/mol. The fraction of sp³-hybridized carbons (Fsp3) is 0.143. The Morgan fingerprint density at radius 2 is 1.92 bits per heavy atom. The van der Waals surface area contributed by atoms with E-state index in [4.69, 9.17) is 4.42 Å². The fourth-order valence-electron chi connectivity index (χ4n) is 0.810. The minimum Gasteiger partial charge on any atom is -0.418 e. The molecule has 2 heterocycles. The lowest BCUT2D eigenvalue weighted by Crippen LogP contribution is -1.87. The van der Waals surface area contributed by atoms with Crippen molar-refractivity contribution in [2.75, 3.05) is 0 Å². The van der Waals surface area contributed by atoms with E-state index in [-0.39, 0.29) is 0 Å². The highest BCUT2D eigenvalue weighted by molar-refractivity contribution is 9.10. The maximum atomic E-state index is 5.15. The van der Waals surface area contributed by atoms with Crippen LogP contribution in [0.3, 0.4) is 0 Å². The second kappa shape index (κ2) is 3.21. The van der Waals surface area contributed by atoms with Gasteiger partial charge in [0, 0.05) is 19.3 Å². The Hall–Kier alpha value is -1.30. The van der Waals surface area contributed by atoms with Gasteiger partial charge in [0.25, 0.3) is 5.89 Å². The zero-order valence-corrected chi connectivity index (χ0v) is 8.32. The topological polar surface area (TPSA) is 64.7 Å². The molecule has 0 fully saturated rings. The standard InChI is InChI=1S/C7H5BrN4O/c1-4-11-12-7(13-4)6-9-2-5(8)3-10-6/h2-3H,1H3. The second-order valence-corrected chi connectivity index (χ2v) is 3.27. The maximum Gasteiger partial charge on any atom is 0.285 e. The van der Waals surface area contributed by atoms with Crippen molar-refractivity contribution < 1.29 is 4.42 Å². The summed E-state index contributed by atoms with van der Waals surface area (Å²) in [5, 5.41) is 7.47. The molecule has 2 aromatic heterocycles. The van der Waals surface area contributed by atoms with Crippen LogP contribution in [0.2, 0.25) is 0 Å². The number of rotatable bonds is 1. The van der Waals surface area contributed by atoms with Gasteiger partial charge in [0.05, 0.1) is 4.47 Å². The molecule has 66 valence electrons. The van der Waals surface area contributed by atoms with Crippen molar-refractivity contribution in [1.29, 1.82) is 0 Å². The van der Waals surface area contributed by atoms with Gasteiger partial charge in [0.1, 0.15) is 0 Å². The largest absolute Gasteiger partial charge is 0.418 e. The lowest BCUT2D eigenvalue weighted by molar-refractivity contribution is 0.528. The van der Waals surface area contributed by atoms with Crippen LogP contribution >= 0.6 is 15.9 Å². The molecule has 0 amide bonds. The molecule has 2 aromatic rings. The summed E-state index contributed by atoms with van der Waals surface area (Å²) in [7, 11) is 0. The Morgan fingerprint density at radius 3 is 2.46 bits per heavy atom. The van der Waals surface area contributed by atoms with Crippen LogP contribution in [0.5, 0.6) is 0 Å². The third kappa shape index (κ3) is 1.72. The van der Waals surface area contributed by atoms with Crippen molar-refractivity contribution in [1.82, 2.24) is 20.2 Å². The van der Waals surface area contributed by atoms with Crippen molar-refractivity contribution >= 4 is 15.9 Å². The quantitative estimate of drug-likeness (QED) is 0.758. The Labute approximate surface area is 82.4 Å². The number of aromatic nitrogens is 4. The molecule has 0 saturated heterocycles. The molecule has 0 spiro atoms. The molecule has 2 rings (SSSR count). The van der Waals surface area contributed by atoms with E-state index < -0.39 is 0 Å². The minimum atomic E-state index is 0.338. The lowest BCUT2D eigenvalue weighted by Gasteiger charge is -1.91. The van der Waals surface area contributed by atoms with Crippen LogP contribution < -0.4 is 0 Å². The van der Waals surface area contributed by atoms with Crippen LogP contribution in [0, 0.1) is 6.92 Å². The minimum absolute atomic E-state index is 0.338. The molecule has 6 heteroatoms. The number of aryl methyl sites for hydroxylation is 1. The zero-order valence-electron chi connectivity index (χ0n) is 6.73. The highest BCUT2D eigenvalue weighted by atomic mass is 79.9. The molecule has 0 unspecified atom stereocenters. The van der Waals surface area contributed by atoms with Gasteiger partial charge < -0.3 is 4.42 Å². The molecule has 0 bridgehead atoms. The van der Waals surface area contributed by atoms with Crippen molar-refractivity contribution in [3.63, 3.8) is 0 Å². The highest BCUT2D eigenvalue weighted by Gasteiger charge is 2.07. The molecule has 0 aromatic carbocycles. The van der Waals surface area contributed by atoms with E-state index in [9.17, 15) is 0 Å². The first-order valence-electron chi connectivity index (χ1n) is 3.54. The molecule has 0 radical (unpaired) electrons. The smallest absolute Gasteiger partial charge is 0.285 e.